The summed E-state index contributed by atoms with van der Waals surface area (Å²) >= 11 is 1.56. The van der Waals surface area contributed by atoms with Crippen LogP contribution in [-0.4, -0.2) is 29.6 Å². The Morgan fingerprint density at radius 3 is 2.71 bits per heavy atom. The predicted molar refractivity (Wildman–Crippen MR) is 95.5 cm³/mol. The van der Waals surface area contributed by atoms with Gasteiger partial charge in [-0.2, -0.15) is 0 Å². The molecule has 1 amide bonds. The Kier molecular flexibility index (Phi) is 4.42. The first-order valence-corrected chi connectivity index (χ1v) is 10.3. The molecule has 2 saturated carbocycles. The molecule has 1 aromatic rings. The van der Waals surface area contributed by atoms with Gasteiger partial charge in [-0.05, 0) is 19.3 Å². The third-order valence-electron chi connectivity index (χ3n) is 6.19. The largest absolute Gasteiger partial charge is 0.377 e. The van der Waals surface area contributed by atoms with Crippen LogP contribution in [0.2, 0.25) is 0 Å². The number of hydrogen-bond acceptors (Lipinski definition) is 4. The second-order valence-corrected chi connectivity index (χ2v) is 9.06. The van der Waals surface area contributed by atoms with Crippen LogP contribution in [0.15, 0.2) is 0 Å². The molecular weight excluding hydrogens is 320 g/mol. The fourth-order valence-electron chi connectivity index (χ4n) is 4.95. The summed E-state index contributed by atoms with van der Waals surface area (Å²) in [7, 11) is 0. The van der Waals surface area contributed by atoms with Gasteiger partial charge < -0.3 is 10.1 Å². The molecule has 0 spiro atoms. The number of thiazole rings is 1. The van der Waals surface area contributed by atoms with Gasteiger partial charge >= 0.3 is 0 Å². The quantitative estimate of drug-likeness (QED) is 0.898. The third-order valence-corrected chi connectivity index (χ3v) is 7.65. The Morgan fingerprint density at radius 1 is 1.29 bits per heavy atom. The summed E-state index contributed by atoms with van der Waals surface area (Å²) in [6, 6.07) is 0.303. The highest BCUT2D eigenvalue weighted by Gasteiger charge is 2.57. The van der Waals surface area contributed by atoms with Crippen molar-refractivity contribution < 1.29 is 9.53 Å². The molecule has 1 aliphatic heterocycles. The molecule has 1 N–H and O–H groups in total. The lowest BCUT2D eigenvalue weighted by molar-refractivity contribution is -0.0784. The standard InChI is InChI=1S/C19H28N2O2S/c1-10(2)19-20-11(3)17(24-19)18(22)21-15-13-8-9-23-16(13)14(15)12-6-4-5-7-12/h10,12-16H,4-9H2,1-3H3,(H,21,22)/t13-,14+,15-,16-/m0/s1. The first-order chi connectivity index (χ1) is 11.6. The van der Waals surface area contributed by atoms with Gasteiger partial charge in [0.1, 0.15) is 4.88 Å². The van der Waals surface area contributed by atoms with E-state index in [0.717, 1.165) is 34.5 Å². The summed E-state index contributed by atoms with van der Waals surface area (Å²) in [5.74, 6) is 2.25. The van der Waals surface area contributed by atoms with Gasteiger partial charge in [0, 0.05) is 30.4 Å². The summed E-state index contributed by atoms with van der Waals surface area (Å²) < 4.78 is 5.99. The SMILES string of the molecule is Cc1nc(C(C)C)sc1C(=O)N[C@H]1[C@@H]2CCO[C@@H]2[C@@H]1C1CCCC1. The summed E-state index contributed by atoms with van der Waals surface area (Å²) in [6.45, 7) is 7.07. The number of fused-ring (bicyclic) bond motifs is 1. The van der Waals surface area contributed by atoms with E-state index in [1.807, 2.05) is 6.92 Å². The molecule has 3 aliphatic rings. The maximum atomic E-state index is 12.9. The van der Waals surface area contributed by atoms with Crippen LogP contribution in [-0.2, 0) is 4.74 Å². The Bertz CT molecular complexity index is 616. The van der Waals surface area contributed by atoms with Crippen LogP contribution in [0.5, 0.6) is 0 Å². The van der Waals surface area contributed by atoms with Crippen LogP contribution < -0.4 is 5.32 Å². The van der Waals surface area contributed by atoms with E-state index in [1.54, 1.807) is 11.3 Å². The number of carbonyl (C=O) groups is 1. The van der Waals surface area contributed by atoms with Gasteiger partial charge in [-0.3, -0.25) is 4.79 Å². The van der Waals surface area contributed by atoms with Gasteiger partial charge in [-0.25, -0.2) is 4.98 Å². The second kappa shape index (κ2) is 6.41. The highest BCUT2D eigenvalue weighted by molar-refractivity contribution is 7.13. The molecule has 0 radical (unpaired) electrons. The Hall–Kier alpha value is -0.940. The van der Waals surface area contributed by atoms with Gasteiger partial charge in [-0.15, -0.1) is 11.3 Å². The molecule has 2 heterocycles. The number of carbonyl (C=O) groups excluding carboxylic acids is 1. The molecule has 5 heteroatoms. The number of amides is 1. The van der Waals surface area contributed by atoms with Crippen molar-refractivity contribution in [2.45, 2.75) is 70.9 Å². The zero-order chi connectivity index (χ0) is 16.8. The van der Waals surface area contributed by atoms with Crippen LogP contribution in [0.1, 0.15) is 72.2 Å². The fraction of sp³-hybridized carbons (Fsp3) is 0.789. The van der Waals surface area contributed by atoms with Gasteiger partial charge in [0.2, 0.25) is 0 Å². The van der Waals surface area contributed by atoms with Crippen LogP contribution in [0.25, 0.3) is 0 Å². The number of nitrogens with one attached hydrogen (secondary N) is 1. The van der Waals surface area contributed by atoms with Crippen molar-refractivity contribution in [2.75, 3.05) is 6.61 Å². The molecule has 0 bridgehead atoms. The maximum Gasteiger partial charge on any atom is 0.263 e. The number of rotatable bonds is 4. The molecule has 132 valence electrons. The van der Waals surface area contributed by atoms with E-state index in [4.69, 9.17) is 4.74 Å². The van der Waals surface area contributed by atoms with Crippen LogP contribution in [0.4, 0.5) is 0 Å². The molecule has 4 atom stereocenters. The molecule has 2 aliphatic carbocycles. The van der Waals surface area contributed by atoms with E-state index in [1.165, 1.54) is 25.7 Å². The predicted octanol–water partition coefficient (Wildman–Crippen LogP) is 3.90. The van der Waals surface area contributed by atoms with E-state index in [2.05, 4.69) is 24.1 Å². The van der Waals surface area contributed by atoms with Crippen LogP contribution in [0.3, 0.4) is 0 Å². The van der Waals surface area contributed by atoms with Crippen molar-refractivity contribution in [3.63, 3.8) is 0 Å². The van der Waals surface area contributed by atoms with E-state index < -0.39 is 0 Å². The second-order valence-electron chi connectivity index (χ2n) is 8.03. The topological polar surface area (TPSA) is 51.2 Å². The number of aromatic nitrogens is 1. The van der Waals surface area contributed by atoms with Gasteiger partial charge in [-0.1, -0.05) is 39.5 Å². The van der Waals surface area contributed by atoms with E-state index in [-0.39, 0.29) is 5.91 Å². The first kappa shape index (κ1) is 16.5. The molecule has 1 saturated heterocycles. The third kappa shape index (κ3) is 2.70. The van der Waals surface area contributed by atoms with E-state index in [0.29, 0.717) is 29.9 Å². The average Bonchev–Trinajstić information content (AvgIpc) is 3.25. The molecule has 1 aromatic heterocycles. The normalized spacial score (nSPS) is 32.8. The van der Waals surface area contributed by atoms with Crippen molar-refractivity contribution in [3.8, 4) is 0 Å². The maximum absolute atomic E-state index is 12.9. The summed E-state index contributed by atoms with van der Waals surface area (Å²) in [5, 5.41) is 4.43. The monoisotopic (exact) mass is 348 g/mol. The van der Waals surface area contributed by atoms with Crippen LogP contribution >= 0.6 is 11.3 Å². The van der Waals surface area contributed by atoms with Crippen molar-refractivity contribution in [2.24, 2.45) is 17.8 Å². The van der Waals surface area contributed by atoms with E-state index >= 15 is 0 Å². The minimum atomic E-state index is 0.0789. The fourth-order valence-corrected chi connectivity index (χ4v) is 5.92. The lowest BCUT2D eigenvalue weighted by atomic mass is 9.61. The molecule has 4 nitrogen and oxygen atoms in total. The number of nitrogens with zero attached hydrogens (tertiary/aromatic N) is 1. The minimum absolute atomic E-state index is 0.0789. The first-order valence-electron chi connectivity index (χ1n) is 9.46. The summed E-state index contributed by atoms with van der Waals surface area (Å²) in [4.78, 5) is 18.2. The van der Waals surface area contributed by atoms with Gasteiger partial charge in [0.25, 0.3) is 5.91 Å². The van der Waals surface area contributed by atoms with Gasteiger partial charge in [0.05, 0.1) is 16.8 Å². The number of aryl methyl sites for hydroxylation is 1. The van der Waals surface area contributed by atoms with Crippen LogP contribution in [0, 0.1) is 24.7 Å². The zero-order valence-electron chi connectivity index (χ0n) is 14.9. The van der Waals surface area contributed by atoms with Crippen molar-refractivity contribution in [3.05, 3.63) is 15.6 Å². The highest BCUT2D eigenvalue weighted by atomic mass is 32.1. The Balaban J connectivity index is 1.49. The van der Waals surface area contributed by atoms with E-state index in [9.17, 15) is 4.79 Å². The average molecular weight is 349 g/mol. The molecular formula is C19H28N2O2S. The molecule has 0 aromatic carbocycles. The van der Waals surface area contributed by atoms with Crippen molar-refractivity contribution in [1.29, 1.82) is 0 Å². The highest BCUT2D eigenvalue weighted by Crippen LogP contribution is 2.51. The van der Waals surface area contributed by atoms with Gasteiger partial charge in [0.15, 0.2) is 0 Å². The van der Waals surface area contributed by atoms with Crippen molar-refractivity contribution in [1.82, 2.24) is 10.3 Å². The smallest absolute Gasteiger partial charge is 0.263 e. The lowest BCUT2D eigenvalue weighted by Crippen LogP contribution is -2.63. The minimum Gasteiger partial charge on any atom is -0.377 e. The molecule has 3 fully saturated rings. The Labute approximate surface area is 148 Å². The number of hydrogen-bond donors (Lipinski definition) is 1. The van der Waals surface area contributed by atoms with Crippen molar-refractivity contribution >= 4 is 17.2 Å². The number of ether oxygens (including phenoxy) is 1. The molecule has 4 rings (SSSR count). The zero-order valence-corrected chi connectivity index (χ0v) is 15.7. The summed E-state index contributed by atoms with van der Waals surface area (Å²) in [5.41, 5.74) is 0.872. The molecule has 24 heavy (non-hydrogen) atoms. The molecule has 0 unspecified atom stereocenters. The Morgan fingerprint density at radius 2 is 2.04 bits per heavy atom. The summed E-state index contributed by atoms with van der Waals surface area (Å²) in [6.07, 6.45) is 6.78. The lowest BCUT2D eigenvalue weighted by Gasteiger charge is -2.50.